The van der Waals surface area contributed by atoms with Crippen LogP contribution in [0.4, 0.5) is 5.69 Å². The molecule has 0 aliphatic rings. The minimum atomic E-state index is -0.784. The summed E-state index contributed by atoms with van der Waals surface area (Å²) in [5, 5.41) is 11.7. The van der Waals surface area contributed by atoms with Crippen LogP contribution in [-0.4, -0.2) is 35.3 Å². The maximum Gasteiger partial charge on any atom is 0.347 e. The third-order valence-corrected chi connectivity index (χ3v) is 4.29. The van der Waals surface area contributed by atoms with Gasteiger partial charge < -0.3 is 19.2 Å². The zero-order chi connectivity index (χ0) is 22.2. The summed E-state index contributed by atoms with van der Waals surface area (Å²) in [7, 11) is 0. The largest absolute Gasteiger partial charge is 0.462 e. The van der Waals surface area contributed by atoms with Crippen LogP contribution in [0.3, 0.4) is 0 Å². The summed E-state index contributed by atoms with van der Waals surface area (Å²) in [6.07, 6.45) is 1.24. The Balaban J connectivity index is 1.89. The van der Waals surface area contributed by atoms with Crippen molar-refractivity contribution < 1.29 is 23.5 Å². The zero-order valence-electron chi connectivity index (χ0n) is 16.9. The molecule has 1 N–H and O–H groups in total. The summed E-state index contributed by atoms with van der Waals surface area (Å²) in [5.74, 6) is -0.978. The lowest BCUT2D eigenvalue weighted by atomic mass is 10.1. The monoisotopic (exact) mass is 441 g/mol. The highest BCUT2D eigenvalue weighted by Gasteiger charge is 2.21. The van der Waals surface area contributed by atoms with E-state index in [0.29, 0.717) is 22.2 Å². The first kappa shape index (κ1) is 22.0. The van der Waals surface area contributed by atoms with Gasteiger partial charge in [0.05, 0.1) is 24.5 Å². The number of aromatic nitrogens is 2. The van der Waals surface area contributed by atoms with E-state index in [1.54, 1.807) is 62.4 Å². The van der Waals surface area contributed by atoms with Crippen LogP contribution in [0, 0.1) is 0 Å². The van der Waals surface area contributed by atoms with Gasteiger partial charge in [0.15, 0.2) is 5.57 Å². The highest BCUT2D eigenvalue weighted by atomic mass is 35.5. The van der Waals surface area contributed by atoms with Gasteiger partial charge >= 0.3 is 11.9 Å². The Morgan fingerprint density at radius 2 is 1.58 bits per heavy atom. The molecule has 0 saturated heterocycles. The van der Waals surface area contributed by atoms with Gasteiger partial charge in [0.25, 0.3) is 0 Å². The Kier molecular flexibility index (Phi) is 7.40. The molecule has 0 fully saturated rings. The van der Waals surface area contributed by atoms with Gasteiger partial charge in [-0.2, -0.15) is 0 Å². The number of rotatable bonds is 8. The maximum atomic E-state index is 12.1. The molecule has 0 saturated carbocycles. The van der Waals surface area contributed by atoms with Crippen LogP contribution in [0.1, 0.15) is 13.8 Å². The first-order valence-electron chi connectivity index (χ1n) is 9.53. The van der Waals surface area contributed by atoms with Crippen molar-refractivity contribution >= 4 is 29.2 Å². The smallest absolute Gasteiger partial charge is 0.347 e. The van der Waals surface area contributed by atoms with Crippen LogP contribution in [-0.2, 0) is 19.1 Å². The Morgan fingerprint density at radius 1 is 0.968 bits per heavy atom. The Hall–Kier alpha value is -3.65. The van der Waals surface area contributed by atoms with Crippen molar-refractivity contribution in [2.45, 2.75) is 13.8 Å². The highest BCUT2D eigenvalue weighted by Crippen LogP contribution is 2.30. The number of para-hydroxylation sites is 1. The van der Waals surface area contributed by atoms with Crippen LogP contribution >= 0.6 is 11.6 Å². The second-order valence-corrected chi connectivity index (χ2v) is 6.54. The van der Waals surface area contributed by atoms with Crippen LogP contribution in [0.15, 0.2) is 64.7 Å². The molecule has 1 aromatic heterocycles. The molecule has 2 aromatic carbocycles. The minimum Gasteiger partial charge on any atom is -0.462 e. The molecular weight excluding hydrogens is 422 g/mol. The molecule has 0 amide bonds. The van der Waals surface area contributed by atoms with E-state index >= 15 is 0 Å². The highest BCUT2D eigenvalue weighted by molar-refractivity contribution is 6.30. The number of halogens is 1. The third-order valence-electron chi connectivity index (χ3n) is 4.04. The molecular formula is C22H20ClN3O5. The Labute approximate surface area is 183 Å². The van der Waals surface area contributed by atoms with Crippen molar-refractivity contribution in [2.75, 3.05) is 18.5 Å². The van der Waals surface area contributed by atoms with Gasteiger partial charge in [0.1, 0.15) is 0 Å². The summed E-state index contributed by atoms with van der Waals surface area (Å²) in [4.78, 5) is 24.3. The molecule has 31 heavy (non-hydrogen) atoms. The lowest BCUT2D eigenvalue weighted by Gasteiger charge is -2.09. The van der Waals surface area contributed by atoms with Gasteiger partial charge in [0, 0.05) is 16.8 Å². The predicted octanol–water partition coefficient (Wildman–Crippen LogP) is 4.48. The quantitative estimate of drug-likeness (QED) is 0.236. The van der Waals surface area contributed by atoms with Gasteiger partial charge in [-0.25, -0.2) is 9.59 Å². The molecule has 3 aromatic rings. The number of esters is 2. The summed E-state index contributed by atoms with van der Waals surface area (Å²) in [6.45, 7) is 3.55. The average Bonchev–Trinajstić information content (AvgIpc) is 3.25. The molecule has 9 heteroatoms. The van der Waals surface area contributed by atoms with Crippen molar-refractivity contribution in [3.8, 4) is 22.9 Å². The van der Waals surface area contributed by atoms with E-state index in [0.717, 1.165) is 5.56 Å². The van der Waals surface area contributed by atoms with Crippen LogP contribution in [0.2, 0.25) is 5.02 Å². The summed E-state index contributed by atoms with van der Waals surface area (Å²) < 4.78 is 15.7. The first-order valence-corrected chi connectivity index (χ1v) is 9.91. The number of hydrogen-bond acceptors (Lipinski definition) is 8. The number of ether oxygens (including phenoxy) is 2. The molecule has 0 aliphatic carbocycles. The molecule has 0 aliphatic heterocycles. The Bertz CT molecular complexity index is 1070. The number of hydrogen-bond donors (Lipinski definition) is 1. The number of carbonyl (C=O) groups is 2. The summed E-state index contributed by atoms with van der Waals surface area (Å²) in [5.41, 5.74) is 1.59. The summed E-state index contributed by atoms with van der Waals surface area (Å²) >= 11 is 5.92. The summed E-state index contributed by atoms with van der Waals surface area (Å²) in [6, 6.07) is 14.1. The molecule has 1 heterocycles. The van der Waals surface area contributed by atoms with Crippen molar-refractivity contribution in [2.24, 2.45) is 0 Å². The molecule has 0 bridgehead atoms. The SMILES string of the molecule is CCOC(=O)C(=CNc1ccccc1-c1nnc(-c2ccc(Cl)cc2)o1)C(=O)OCC. The number of nitrogens with one attached hydrogen (secondary N) is 1. The Morgan fingerprint density at radius 3 is 2.23 bits per heavy atom. The van der Waals surface area contributed by atoms with Crippen LogP contribution < -0.4 is 5.32 Å². The van der Waals surface area contributed by atoms with Crippen LogP contribution in [0.5, 0.6) is 0 Å². The molecule has 0 atom stereocenters. The van der Waals surface area contributed by atoms with Gasteiger partial charge in [0.2, 0.25) is 11.8 Å². The number of nitrogens with zero attached hydrogens (tertiary/aromatic N) is 2. The van der Waals surface area contributed by atoms with E-state index in [9.17, 15) is 9.59 Å². The van der Waals surface area contributed by atoms with E-state index in [4.69, 9.17) is 25.5 Å². The van der Waals surface area contributed by atoms with Crippen molar-refractivity contribution in [1.29, 1.82) is 0 Å². The first-order chi connectivity index (χ1) is 15.0. The van der Waals surface area contributed by atoms with Gasteiger partial charge in [-0.15, -0.1) is 10.2 Å². The van der Waals surface area contributed by atoms with Gasteiger partial charge in [-0.3, -0.25) is 0 Å². The van der Waals surface area contributed by atoms with E-state index in [1.165, 1.54) is 6.20 Å². The predicted molar refractivity (Wildman–Crippen MR) is 115 cm³/mol. The fourth-order valence-electron chi connectivity index (χ4n) is 2.61. The third kappa shape index (κ3) is 5.49. The topological polar surface area (TPSA) is 104 Å². The molecule has 8 nitrogen and oxygen atoms in total. The van der Waals surface area contributed by atoms with Gasteiger partial charge in [-0.1, -0.05) is 23.7 Å². The maximum absolute atomic E-state index is 12.1. The van der Waals surface area contributed by atoms with Gasteiger partial charge in [-0.05, 0) is 50.2 Å². The van der Waals surface area contributed by atoms with E-state index < -0.39 is 11.9 Å². The molecule has 160 valence electrons. The number of anilines is 1. The van der Waals surface area contributed by atoms with Crippen molar-refractivity contribution in [1.82, 2.24) is 10.2 Å². The second kappa shape index (κ2) is 10.4. The van der Waals surface area contributed by atoms with Crippen molar-refractivity contribution in [3.63, 3.8) is 0 Å². The fraction of sp³-hybridized carbons (Fsp3) is 0.182. The fourth-order valence-corrected chi connectivity index (χ4v) is 2.73. The zero-order valence-corrected chi connectivity index (χ0v) is 17.7. The van der Waals surface area contributed by atoms with Crippen LogP contribution in [0.25, 0.3) is 22.9 Å². The lowest BCUT2D eigenvalue weighted by molar-refractivity contribution is -0.146. The molecule has 0 spiro atoms. The lowest BCUT2D eigenvalue weighted by Crippen LogP contribution is -2.19. The molecule has 0 radical (unpaired) electrons. The standard InChI is InChI=1S/C22H20ClN3O5/c1-3-29-21(27)17(22(28)30-4-2)13-24-18-8-6-5-7-16(18)20-26-25-19(31-20)14-9-11-15(23)12-10-14/h5-13,24H,3-4H2,1-2H3. The second-order valence-electron chi connectivity index (χ2n) is 6.11. The number of benzene rings is 2. The molecule has 3 rings (SSSR count). The molecule has 0 unspecified atom stereocenters. The van der Waals surface area contributed by atoms with E-state index in [1.807, 2.05) is 0 Å². The number of carbonyl (C=O) groups excluding carboxylic acids is 2. The van der Waals surface area contributed by atoms with E-state index in [2.05, 4.69) is 15.5 Å². The normalized spacial score (nSPS) is 10.3. The van der Waals surface area contributed by atoms with E-state index in [-0.39, 0.29) is 24.7 Å². The minimum absolute atomic E-state index is 0.127. The average molecular weight is 442 g/mol. The van der Waals surface area contributed by atoms with Crippen molar-refractivity contribution in [3.05, 3.63) is 65.3 Å².